The molecular formula is C22H29N3O5. The molecule has 0 atom stereocenters. The van der Waals surface area contributed by atoms with Crippen LogP contribution in [0.2, 0.25) is 0 Å². The zero-order valence-electron chi connectivity index (χ0n) is 17.5. The van der Waals surface area contributed by atoms with Crippen molar-refractivity contribution in [3.63, 3.8) is 0 Å². The van der Waals surface area contributed by atoms with E-state index in [1.807, 2.05) is 24.3 Å². The molecule has 1 aromatic carbocycles. The fourth-order valence-corrected chi connectivity index (χ4v) is 3.94. The molecule has 1 aromatic rings. The Labute approximate surface area is 176 Å². The largest absolute Gasteiger partial charge is 0.456 e. The minimum Gasteiger partial charge on any atom is -0.456 e. The number of imide groups is 1. The van der Waals surface area contributed by atoms with Crippen molar-refractivity contribution >= 4 is 29.5 Å². The molecule has 1 spiro atoms. The summed E-state index contributed by atoms with van der Waals surface area (Å²) in [6.45, 7) is 3.96. The van der Waals surface area contributed by atoms with Crippen LogP contribution in [0, 0.1) is 0 Å². The summed E-state index contributed by atoms with van der Waals surface area (Å²) >= 11 is 0. The highest BCUT2D eigenvalue weighted by Gasteiger charge is 2.52. The first-order valence-electron chi connectivity index (χ1n) is 10.5. The van der Waals surface area contributed by atoms with Gasteiger partial charge in [0, 0.05) is 18.7 Å². The van der Waals surface area contributed by atoms with Crippen LogP contribution >= 0.6 is 0 Å². The third kappa shape index (κ3) is 4.98. The molecule has 8 nitrogen and oxygen atoms in total. The van der Waals surface area contributed by atoms with E-state index in [1.165, 1.54) is 10.5 Å². The number of anilines is 1. The smallest absolute Gasteiger partial charge is 0.325 e. The molecule has 3 rings (SSSR count). The predicted molar refractivity (Wildman–Crippen MR) is 111 cm³/mol. The van der Waals surface area contributed by atoms with Crippen LogP contribution < -0.4 is 10.6 Å². The van der Waals surface area contributed by atoms with Gasteiger partial charge < -0.3 is 15.4 Å². The van der Waals surface area contributed by atoms with E-state index in [0.717, 1.165) is 12.8 Å². The molecular weight excluding hydrogens is 386 g/mol. The summed E-state index contributed by atoms with van der Waals surface area (Å²) < 4.78 is 4.99. The summed E-state index contributed by atoms with van der Waals surface area (Å²) in [5, 5.41) is 5.49. The minimum absolute atomic E-state index is 0.0282. The van der Waals surface area contributed by atoms with Crippen LogP contribution in [0.1, 0.15) is 63.9 Å². The molecule has 2 fully saturated rings. The van der Waals surface area contributed by atoms with Crippen LogP contribution in [0.5, 0.6) is 0 Å². The molecule has 1 saturated carbocycles. The van der Waals surface area contributed by atoms with Gasteiger partial charge in [-0.1, -0.05) is 38.8 Å². The zero-order valence-corrected chi connectivity index (χ0v) is 17.5. The van der Waals surface area contributed by atoms with Gasteiger partial charge in [-0.2, -0.15) is 0 Å². The van der Waals surface area contributed by atoms with Crippen molar-refractivity contribution in [3.8, 4) is 0 Å². The molecule has 0 bridgehead atoms. The van der Waals surface area contributed by atoms with Crippen LogP contribution in [0.15, 0.2) is 24.3 Å². The summed E-state index contributed by atoms with van der Waals surface area (Å²) in [4.78, 5) is 49.7. The first kappa shape index (κ1) is 21.8. The Morgan fingerprint density at radius 3 is 2.47 bits per heavy atom. The van der Waals surface area contributed by atoms with Gasteiger partial charge in [-0.25, -0.2) is 4.79 Å². The number of carbonyl (C=O) groups is 4. The Hall–Kier alpha value is -2.90. The summed E-state index contributed by atoms with van der Waals surface area (Å²) in [6, 6.07) is 7.11. The number of benzene rings is 1. The fourth-order valence-electron chi connectivity index (χ4n) is 3.94. The van der Waals surface area contributed by atoms with E-state index in [4.69, 9.17) is 4.74 Å². The lowest BCUT2D eigenvalue weighted by Gasteiger charge is -2.19. The fraction of sp³-hybridized carbons (Fsp3) is 0.545. The van der Waals surface area contributed by atoms with Gasteiger partial charge in [0.15, 0.2) is 6.61 Å². The van der Waals surface area contributed by atoms with Crippen LogP contribution in [0.4, 0.5) is 10.5 Å². The Bertz CT molecular complexity index is 813. The van der Waals surface area contributed by atoms with Crippen LogP contribution in [-0.4, -0.2) is 47.4 Å². The first-order chi connectivity index (χ1) is 14.3. The van der Waals surface area contributed by atoms with E-state index in [9.17, 15) is 19.2 Å². The number of carbonyl (C=O) groups excluding carboxylic acids is 4. The van der Waals surface area contributed by atoms with Gasteiger partial charge in [-0.05, 0) is 42.9 Å². The molecule has 1 aliphatic heterocycles. The van der Waals surface area contributed by atoms with Gasteiger partial charge in [0.05, 0.1) is 0 Å². The molecule has 0 aromatic heterocycles. The lowest BCUT2D eigenvalue weighted by atomic mass is 9.98. The quantitative estimate of drug-likeness (QED) is 0.502. The Morgan fingerprint density at radius 2 is 1.83 bits per heavy atom. The summed E-state index contributed by atoms with van der Waals surface area (Å²) in [7, 11) is 0. The van der Waals surface area contributed by atoms with Crippen molar-refractivity contribution in [1.82, 2.24) is 10.2 Å². The van der Waals surface area contributed by atoms with E-state index >= 15 is 0 Å². The lowest BCUT2D eigenvalue weighted by Crippen LogP contribution is -2.44. The van der Waals surface area contributed by atoms with Gasteiger partial charge in [0.25, 0.3) is 11.8 Å². The lowest BCUT2D eigenvalue weighted by molar-refractivity contribution is -0.147. The van der Waals surface area contributed by atoms with E-state index in [1.54, 1.807) is 0 Å². The number of nitrogens with zero attached hydrogens (tertiary/aromatic N) is 1. The molecule has 2 aliphatic rings. The molecule has 4 amide bonds. The molecule has 1 heterocycles. The summed E-state index contributed by atoms with van der Waals surface area (Å²) in [5.41, 5.74) is 1.08. The second-order valence-corrected chi connectivity index (χ2v) is 8.27. The number of amides is 4. The Morgan fingerprint density at radius 1 is 1.17 bits per heavy atom. The van der Waals surface area contributed by atoms with Crippen LogP contribution in [-0.2, 0) is 19.1 Å². The minimum atomic E-state index is -0.733. The number of urea groups is 1. The van der Waals surface area contributed by atoms with Crippen molar-refractivity contribution in [2.45, 2.75) is 63.8 Å². The second-order valence-electron chi connectivity index (χ2n) is 8.27. The summed E-state index contributed by atoms with van der Waals surface area (Å²) in [5.74, 6) is -0.747. The molecule has 0 unspecified atom stereocenters. The Kier molecular flexibility index (Phi) is 6.74. The molecule has 8 heteroatoms. The maximum absolute atomic E-state index is 12.5. The number of ether oxygens (including phenoxy) is 1. The number of nitrogens with one attached hydrogen (secondary N) is 2. The van der Waals surface area contributed by atoms with Gasteiger partial charge in [-0.3, -0.25) is 19.3 Å². The van der Waals surface area contributed by atoms with Gasteiger partial charge in [0.1, 0.15) is 5.54 Å². The van der Waals surface area contributed by atoms with Crippen molar-refractivity contribution in [3.05, 3.63) is 29.8 Å². The molecule has 30 heavy (non-hydrogen) atoms. The zero-order chi connectivity index (χ0) is 21.7. The van der Waals surface area contributed by atoms with E-state index < -0.39 is 23.4 Å². The standard InChI is InChI=1S/C22H29N3O5/c1-15(2)16-7-9-17(10-8-16)23-18(26)14-30-19(27)6-5-13-25-20(28)22(24-21(25)29)11-3-4-12-22/h7-10,15H,3-6,11-14H2,1-2H3,(H,23,26)(H,24,29). The highest BCUT2D eigenvalue weighted by atomic mass is 16.5. The van der Waals surface area contributed by atoms with Crippen molar-refractivity contribution in [1.29, 1.82) is 0 Å². The predicted octanol–water partition coefficient (Wildman–Crippen LogP) is 2.94. The Balaban J connectivity index is 1.36. The molecule has 1 saturated heterocycles. The third-order valence-corrected chi connectivity index (χ3v) is 5.69. The average Bonchev–Trinajstić information content (AvgIpc) is 3.27. The van der Waals surface area contributed by atoms with Crippen molar-refractivity contribution in [2.24, 2.45) is 0 Å². The highest BCUT2D eigenvalue weighted by Crippen LogP contribution is 2.35. The van der Waals surface area contributed by atoms with Crippen LogP contribution in [0.3, 0.4) is 0 Å². The monoisotopic (exact) mass is 415 g/mol. The van der Waals surface area contributed by atoms with Gasteiger partial charge in [-0.15, -0.1) is 0 Å². The van der Waals surface area contributed by atoms with E-state index in [2.05, 4.69) is 24.5 Å². The average molecular weight is 415 g/mol. The molecule has 0 radical (unpaired) electrons. The number of hydrogen-bond acceptors (Lipinski definition) is 5. The second kappa shape index (κ2) is 9.28. The molecule has 2 N–H and O–H groups in total. The number of esters is 1. The van der Waals surface area contributed by atoms with Crippen LogP contribution in [0.25, 0.3) is 0 Å². The third-order valence-electron chi connectivity index (χ3n) is 5.69. The first-order valence-corrected chi connectivity index (χ1v) is 10.5. The van der Waals surface area contributed by atoms with Crippen molar-refractivity contribution < 1.29 is 23.9 Å². The topological polar surface area (TPSA) is 105 Å². The molecule has 162 valence electrons. The SMILES string of the molecule is CC(C)c1ccc(NC(=O)COC(=O)CCCN2C(=O)NC3(CCCC3)C2=O)cc1. The molecule has 1 aliphatic carbocycles. The van der Waals surface area contributed by atoms with Crippen molar-refractivity contribution in [2.75, 3.05) is 18.5 Å². The summed E-state index contributed by atoms with van der Waals surface area (Å²) in [6.07, 6.45) is 3.52. The van der Waals surface area contributed by atoms with Gasteiger partial charge >= 0.3 is 12.0 Å². The van der Waals surface area contributed by atoms with E-state index in [-0.39, 0.29) is 25.5 Å². The number of hydrogen-bond donors (Lipinski definition) is 2. The van der Waals surface area contributed by atoms with Gasteiger partial charge in [0.2, 0.25) is 0 Å². The highest BCUT2D eigenvalue weighted by molar-refractivity contribution is 6.07. The maximum Gasteiger partial charge on any atom is 0.325 e. The normalized spacial score (nSPS) is 17.5. The number of rotatable bonds is 8. The maximum atomic E-state index is 12.5. The van der Waals surface area contributed by atoms with E-state index in [0.29, 0.717) is 30.9 Å².